The van der Waals surface area contributed by atoms with Gasteiger partial charge in [-0.1, -0.05) is 24.3 Å². The molecule has 1 heterocycles. The van der Waals surface area contributed by atoms with Crippen LogP contribution in [-0.2, 0) is 6.54 Å². The van der Waals surface area contributed by atoms with Crippen molar-refractivity contribution in [3.05, 3.63) is 101 Å². The van der Waals surface area contributed by atoms with E-state index < -0.39 is 0 Å². The van der Waals surface area contributed by atoms with Crippen LogP contribution < -0.4 is 10.1 Å². The lowest BCUT2D eigenvalue weighted by molar-refractivity contribution is 0.0706. The first kappa shape index (κ1) is 22.5. The fourth-order valence-electron chi connectivity index (χ4n) is 4.22. The fourth-order valence-corrected chi connectivity index (χ4v) is 4.22. The van der Waals surface area contributed by atoms with Crippen LogP contribution in [0.25, 0.3) is 0 Å². The van der Waals surface area contributed by atoms with Gasteiger partial charge >= 0.3 is 0 Å². The van der Waals surface area contributed by atoms with Gasteiger partial charge in [-0.25, -0.2) is 4.39 Å². The van der Waals surface area contributed by atoms with Crippen LogP contribution in [0.4, 0.5) is 4.39 Å². The highest BCUT2D eigenvalue weighted by Gasteiger charge is 2.26. The molecule has 1 aliphatic rings. The lowest BCUT2D eigenvalue weighted by atomic mass is 9.89. The van der Waals surface area contributed by atoms with Crippen molar-refractivity contribution in [1.82, 2.24) is 10.2 Å². The van der Waals surface area contributed by atoms with Crippen LogP contribution in [0, 0.1) is 5.82 Å². The first-order chi connectivity index (χ1) is 16.0. The average molecular weight is 447 g/mol. The molecule has 1 N–H and O–H groups in total. The van der Waals surface area contributed by atoms with Crippen molar-refractivity contribution >= 4 is 11.8 Å². The minimum Gasteiger partial charge on any atom is -0.497 e. The minimum atomic E-state index is -0.324. The minimum absolute atomic E-state index is 0.00587. The van der Waals surface area contributed by atoms with Gasteiger partial charge in [0.15, 0.2) is 0 Å². The van der Waals surface area contributed by atoms with Crippen LogP contribution in [-0.4, -0.2) is 36.9 Å². The molecular formula is C27H27FN2O3. The van der Waals surface area contributed by atoms with E-state index in [0.29, 0.717) is 23.2 Å². The Balaban J connectivity index is 1.41. The van der Waals surface area contributed by atoms with E-state index in [1.807, 2.05) is 23.1 Å². The number of ether oxygens (including phenoxy) is 1. The third-order valence-electron chi connectivity index (χ3n) is 6.01. The summed E-state index contributed by atoms with van der Waals surface area (Å²) in [5, 5.41) is 2.85. The molecule has 33 heavy (non-hydrogen) atoms. The molecule has 1 aliphatic heterocycles. The number of rotatable bonds is 6. The third kappa shape index (κ3) is 5.58. The van der Waals surface area contributed by atoms with E-state index in [-0.39, 0.29) is 30.1 Å². The van der Waals surface area contributed by atoms with E-state index >= 15 is 0 Å². The van der Waals surface area contributed by atoms with Gasteiger partial charge in [-0.3, -0.25) is 9.59 Å². The molecule has 1 unspecified atom stereocenters. The summed E-state index contributed by atoms with van der Waals surface area (Å²) < 4.78 is 18.5. The Morgan fingerprint density at radius 3 is 2.58 bits per heavy atom. The number of nitrogens with one attached hydrogen (secondary N) is 1. The number of carbonyl (C=O) groups excluding carboxylic acids is 2. The number of piperidine rings is 1. The molecule has 1 atom stereocenters. The quantitative estimate of drug-likeness (QED) is 0.593. The van der Waals surface area contributed by atoms with Gasteiger partial charge in [-0.2, -0.15) is 0 Å². The second-order valence-corrected chi connectivity index (χ2v) is 8.26. The standard InChI is InChI=1S/C27H27FN2O3/c1-33-25-12-10-20(11-13-25)27(32)30-14-4-8-23(18-30)21-6-3-7-22(16-21)26(31)29-17-19-5-2-9-24(28)15-19/h2-3,5-7,9-13,15-16,23H,4,8,14,17-18H2,1H3,(H,29,31). The SMILES string of the molecule is COc1ccc(C(=O)N2CCCC(c3cccc(C(=O)NCc4cccc(F)c4)c3)C2)cc1. The molecule has 3 aromatic rings. The Labute approximate surface area is 193 Å². The molecule has 0 spiro atoms. The van der Waals surface area contributed by atoms with Crippen molar-refractivity contribution in [2.75, 3.05) is 20.2 Å². The number of methoxy groups -OCH3 is 1. The molecule has 170 valence electrons. The molecule has 4 rings (SSSR count). The van der Waals surface area contributed by atoms with Gasteiger partial charge in [0.1, 0.15) is 11.6 Å². The summed E-state index contributed by atoms with van der Waals surface area (Å²) in [6.45, 7) is 1.59. The number of hydrogen-bond acceptors (Lipinski definition) is 3. The van der Waals surface area contributed by atoms with Gasteiger partial charge < -0.3 is 15.0 Å². The van der Waals surface area contributed by atoms with Gasteiger partial charge in [0.25, 0.3) is 11.8 Å². The predicted molar refractivity (Wildman–Crippen MR) is 125 cm³/mol. The van der Waals surface area contributed by atoms with Crippen molar-refractivity contribution in [2.45, 2.75) is 25.3 Å². The molecular weight excluding hydrogens is 419 g/mol. The zero-order valence-corrected chi connectivity index (χ0v) is 18.6. The predicted octanol–water partition coefficient (Wildman–Crippen LogP) is 4.78. The van der Waals surface area contributed by atoms with Crippen molar-refractivity contribution in [2.24, 2.45) is 0 Å². The van der Waals surface area contributed by atoms with Gasteiger partial charge in [0, 0.05) is 36.7 Å². The molecule has 1 fully saturated rings. The smallest absolute Gasteiger partial charge is 0.253 e. The topological polar surface area (TPSA) is 58.6 Å². The molecule has 0 radical (unpaired) electrons. The molecule has 2 amide bonds. The highest BCUT2D eigenvalue weighted by Crippen LogP contribution is 2.28. The molecule has 0 aliphatic carbocycles. The number of hydrogen-bond donors (Lipinski definition) is 1. The monoisotopic (exact) mass is 446 g/mol. The summed E-state index contributed by atoms with van der Waals surface area (Å²) in [6, 6.07) is 20.9. The molecule has 0 aromatic heterocycles. The number of nitrogens with zero attached hydrogens (tertiary/aromatic N) is 1. The first-order valence-corrected chi connectivity index (χ1v) is 11.1. The van der Waals surface area contributed by atoms with Gasteiger partial charge in [-0.15, -0.1) is 0 Å². The lowest BCUT2D eigenvalue weighted by Crippen LogP contribution is -2.39. The Morgan fingerprint density at radius 2 is 1.82 bits per heavy atom. The van der Waals surface area contributed by atoms with Crippen molar-refractivity contribution < 1.29 is 18.7 Å². The Hall–Kier alpha value is -3.67. The molecule has 5 nitrogen and oxygen atoms in total. The summed E-state index contributed by atoms with van der Waals surface area (Å²) in [6.07, 6.45) is 1.86. The molecule has 0 bridgehead atoms. The van der Waals surface area contributed by atoms with E-state index in [4.69, 9.17) is 4.74 Å². The van der Waals surface area contributed by atoms with E-state index in [9.17, 15) is 14.0 Å². The highest BCUT2D eigenvalue weighted by atomic mass is 19.1. The summed E-state index contributed by atoms with van der Waals surface area (Å²) >= 11 is 0. The van der Waals surface area contributed by atoms with Gasteiger partial charge in [-0.05, 0) is 72.5 Å². The largest absolute Gasteiger partial charge is 0.497 e. The zero-order valence-electron chi connectivity index (χ0n) is 18.6. The molecule has 1 saturated heterocycles. The second kappa shape index (κ2) is 10.3. The third-order valence-corrected chi connectivity index (χ3v) is 6.01. The van der Waals surface area contributed by atoms with E-state index in [0.717, 1.165) is 30.7 Å². The van der Waals surface area contributed by atoms with Crippen LogP contribution >= 0.6 is 0 Å². The normalized spacial score (nSPS) is 15.7. The van der Waals surface area contributed by atoms with Crippen LogP contribution in [0.15, 0.2) is 72.8 Å². The van der Waals surface area contributed by atoms with E-state index in [1.54, 1.807) is 49.6 Å². The first-order valence-electron chi connectivity index (χ1n) is 11.1. The fraction of sp³-hybridized carbons (Fsp3) is 0.259. The summed E-state index contributed by atoms with van der Waals surface area (Å²) in [5.41, 5.74) is 2.95. The Morgan fingerprint density at radius 1 is 1.03 bits per heavy atom. The van der Waals surface area contributed by atoms with Crippen LogP contribution in [0.2, 0.25) is 0 Å². The second-order valence-electron chi connectivity index (χ2n) is 8.26. The van der Waals surface area contributed by atoms with Crippen molar-refractivity contribution in [3.8, 4) is 5.75 Å². The maximum Gasteiger partial charge on any atom is 0.253 e. The summed E-state index contributed by atoms with van der Waals surface area (Å²) in [7, 11) is 1.60. The average Bonchev–Trinajstić information content (AvgIpc) is 2.87. The van der Waals surface area contributed by atoms with Crippen LogP contribution in [0.5, 0.6) is 5.75 Å². The molecule has 3 aromatic carbocycles. The number of amides is 2. The van der Waals surface area contributed by atoms with Crippen LogP contribution in [0.3, 0.4) is 0 Å². The number of carbonyl (C=O) groups is 2. The Bertz CT molecular complexity index is 1130. The number of likely N-dealkylation sites (tertiary alicyclic amines) is 1. The lowest BCUT2D eigenvalue weighted by Gasteiger charge is -2.33. The number of benzene rings is 3. The maximum atomic E-state index is 13.4. The molecule has 6 heteroatoms. The zero-order chi connectivity index (χ0) is 23.2. The van der Waals surface area contributed by atoms with Crippen molar-refractivity contribution in [3.63, 3.8) is 0 Å². The molecule has 0 saturated carbocycles. The van der Waals surface area contributed by atoms with Crippen LogP contribution in [0.1, 0.15) is 50.6 Å². The van der Waals surface area contributed by atoms with Crippen molar-refractivity contribution in [1.29, 1.82) is 0 Å². The summed E-state index contributed by atoms with van der Waals surface area (Å²) in [5.74, 6) is 0.358. The highest BCUT2D eigenvalue weighted by molar-refractivity contribution is 5.95. The number of halogens is 1. The van der Waals surface area contributed by atoms with E-state index in [2.05, 4.69) is 5.32 Å². The van der Waals surface area contributed by atoms with E-state index in [1.165, 1.54) is 12.1 Å². The maximum absolute atomic E-state index is 13.4. The summed E-state index contributed by atoms with van der Waals surface area (Å²) in [4.78, 5) is 27.5. The van der Waals surface area contributed by atoms with Gasteiger partial charge in [0.05, 0.1) is 7.11 Å². The van der Waals surface area contributed by atoms with Gasteiger partial charge in [0.2, 0.25) is 0 Å². The Kier molecular flexibility index (Phi) is 7.03.